The van der Waals surface area contributed by atoms with Crippen molar-refractivity contribution < 1.29 is 18.1 Å². The van der Waals surface area contributed by atoms with Crippen molar-refractivity contribution >= 4 is 21.4 Å². The van der Waals surface area contributed by atoms with Crippen molar-refractivity contribution in [2.75, 3.05) is 39.0 Å². The lowest BCUT2D eigenvalue weighted by Crippen LogP contribution is -2.47. The topological polar surface area (TPSA) is 101 Å². The minimum absolute atomic E-state index is 0.130. The third-order valence-corrected chi connectivity index (χ3v) is 5.50. The summed E-state index contributed by atoms with van der Waals surface area (Å²) >= 11 is 0. The molecule has 1 heterocycles. The second-order valence-corrected chi connectivity index (χ2v) is 7.60. The molecule has 0 atom stereocenters. The summed E-state index contributed by atoms with van der Waals surface area (Å²) in [6.45, 7) is 3.76. The predicted molar refractivity (Wildman–Crippen MR) is 83.1 cm³/mol. The Kier molecular flexibility index (Phi) is 5.00. The molecule has 1 saturated heterocycles. The van der Waals surface area contributed by atoms with Crippen molar-refractivity contribution in [2.45, 2.75) is 11.8 Å². The van der Waals surface area contributed by atoms with Crippen LogP contribution < -0.4 is 0 Å². The van der Waals surface area contributed by atoms with Crippen LogP contribution in [0.25, 0.3) is 0 Å². The summed E-state index contributed by atoms with van der Waals surface area (Å²) in [4.78, 5) is 26.3. The van der Waals surface area contributed by atoms with Crippen LogP contribution >= 0.6 is 0 Å². The number of nitro groups is 1. The minimum atomic E-state index is -3.62. The van der Waals surface area contributed by atoms with Crippen molar-refractivity contribution in [2.24, 2.45) is 0 Å². The predicted octanol–water partition coefficient (Wildman–Crippen LogP) is 0.576. The van der Waals surface area contributed by atoms with Gasteiger partial charge in [-0.1, -0.05) is 6.92 Å². The van der Waals surface area contributed by atoms with Gasteiger partial charge in [0.1, 0.15) is 5.56 Å². The van der Waals surface area contributed by atoms with E-state index in [2.05, 4.69) is 11.0 Å². The lowest BCUT2D eigenvalue weighted by molar-refractivity contribution is -0.385. The third-order valence-electron chi connectivity index (χ3n) is 3.84. The number of hydrogen-bond donors (Lipinski definition) is 0. The van der Waals surface area contributed by atoms with Crippen molar-refractivity contribution in [1.82, 2.24) is 9.80 Å². The van der Waals surface area contributed by atoms with E-state index in [-0.39, 0.29) is 16.2 Å². The quantitative estimate of drug-likeness (QED) is 0.587. The average Bonchev–Trinajstić information content (AvgIpc) is 2.54. The molecule has 0 bridgehead atoms. The maximum atomic E-state index is 12.5. The largest absolute Gasteiger partial charge is 0.336 e. The first kappa shape index (κ1) is 17.4. The highest BCUT2D eigenvalue weighted by molar-refractivity contribution is 7.91. The average molecular weight is 340 g/mol. The second-order valence-electron chi connectivity index (χ2n) is 5.35. The van der Waals surface area contributed by atoms with Crippen LogP contribution in [0.15, 0.2) is 17.0 Å². The van der Waals surface area contributed by atoms with Crippen molar-refractivity contribution in [3.05, 3.63) is 33.9 Å². The van der Waals surface area contributed by atoms with Gasteiger partial charge in [0.25, 0.3) is 11.6 Å². The first-order valence-electron chi connectivity index (χ1n) is 7.17. The summed E-state index contributed by atoms with van der Waals surface area (Å²) in [7, 11) is -1.69. The zero-order chi connectivity index (χ0) is 17.2. The summed E-state index contributed by atoms with van der Waals surface area (Å²) in [5.41, 5.74) is -0.630. The zero-order valence-corrected chi connectivity index (χ0v) is 13.8. The molecule has 1 radical (unpaired) electrons. The number of piperazine rings is 1. The molecule has 0 saturated carbocycles. The lowest BCUT2D eigenvalue weighted by Gasteiger charge is -2.32. The molecule has 9 heteroatoms. The first-order chi connectivity index (χ1) is 10.8. The Bertz CT molecular complexity index is 724. The molecule has 0 aromatic heterocycles. The fourth-order valence-electron chi connectivity index (χ4n) is 2.30. The van der Waals surface area contributed by atoms with Gasteiger partial charge < -0.3 is 9.80 Å². The van der Waals surface area contributed by atoms with Gasteiger partial charge in [0.05, 0.1) is 15.6 Å². The second kappa shape index (κ2) is 6.63. The van der Waals surface area contributed by atoms with Crippen molar-refractivity contribution in [3.63, 3.8) is 0 Å². The number of carbonyl (C=O) groups excluding carboxylic acids is 1. The number of nitro benzene ring substituents is 1. The highest BCUT2D eigenvalue weighted by Crippen LogP contribution is 2.25. The smallest absolute Gasteiger partial charge is 0.283 e. The summed E-state index contributed by atoms with van der Waals surface area (Å²) in [5.74, 6) is -0.659. The molecule has 2 rings (SSSR count). The number of amides is 1. The van der Waals surface area contributed by atoms with Crippen LogP contribution in [-0.2, 0) is 9.84 Å². The van der Waals surface area contributed by atoms with Crippen LogP contribution in [-0.4, -0.2) is 68.0 Å². The molecule has 0 spiro atoms. The maximum absolute atomic E-state index is 12.5. The van der Waals surface area contributed by atoms with Crippen molar-refractivity contribution in [3.8, 4) is 0 Å². The number of carbonyl (C=O) groups is 1. The molecule has 1 aromatic carbocycles. The van der Waals surface area contributed by atoms with Gasteiger partial charge in [-0.15, -0.1) is 0 Å². The molecule has 23 heavy (non-hydrogen) atoms. The molecule has 0 aliphatic carbocycles. The van der Waals surface area contributed by atoms with E-state index >= 15 is 0 Å². The summed E-state index contributed by atoms with van der Waals surface area (Å²) in [6, 6.07) is 4.53. The SMILES string of the molecule is CCS(=O)(=O)c1[c]cc(C(=O)N2CCN(C)CC2)c([N+](=O)[O-])c1. The molecule has 0 N–H and O–H groups in total. The van der Waals surface area contributed by atoms with E-state index in [0.29, 0.717) is 26.2 Å². The van der Waals surface area contributed by atoms with E-state index in [4.69, 9.17) is 0 Å². The fourth-order valence-corrected chi connectivity index (χ4v) is 3.14. The van der Waals surface area contributed by atoms with E-state index < -0.39 is 26.4 Å². The third kappa shape index (κ3) is 3.67. The highest BCUT2D eigenvalue weighted by atomic mass is 32.2. The Labute approximate surface area is 134 Å². The minimum Gasteiger partial charge on any atom is -0.336 e. The maximum Gasteiger partial charge on any atom is 0.283 e. The number of sulfone groups is 1. The Hall–Kier alpha value is -2.00. The summed E-state index contributed by atoms with van der Waals surface area (Å²) in [6.07, 6.45) is 0. The molecule has 125 valence electrons. The van der Waals surface area contributed by atoms with Crippen LogP contribution in [0.2, 0.25) is 0 Å². The summed E-state index contributed by atoms with van der Waals surface area (Å²) < 4.78 is 23.7. The lowest BCUT2D eigenvalue weighted by atomic mass is 10.1. The number of rotatable bonds is 4. The van der Waals surface area contributed by atoms with Crippen molar-refractivity contribution in [1.29, 1.82) is 0 Å². The molecular weight excluding hydrogens is 322 g/mol. The molecule has 1 aliphatic heterocycles. The molecule has 1 aromatic rings. The molecular formula is C14H18N3O5S. The zero-order valence-electron chi connectivity index (χ0n) is 13.0. The Morgan fingerprint density at radius 1 is 1.35 bits per heavy atom. The molecule has 1 amide bonds. The Balaban J connectivity index is 2.39. The van der Waals surface area contributed by atoms with E-state index in [1.807, 2.05) is 7.05 Å². The van der Waals surface area contributed by atoms with Gasteiger partial charge in [-0.05, 0) is 13.1 Å². The van der Waals surface area contributed by atoms with Crippen LogP contribution in [0, 0.1) is 16.2 Å². The van der Waals surface area contributed by atoms with Gasteiger partial charge in [-0.3, -0.25) is 14.9 Å². The van der Waals surface area contributed by atoms with Gasteiger partial charge in [0.2, 0.25) is 0 Å². The number of nitrogens with zero attached hydrogens (tertiary/aromatic N) is 3. The molecule has 1 aliphatic rings. The molecule has 0 unspecified atom stereocenters. The van der Waals surface area contributed by atoms with E-state index in [1.54, 1.807) is 0 Å². The first-order valence-corrected chi connectivity index (χ1v) is 8.82. The van der Waals surface area contributed by atoms with Gasteiger partial charge >= 0.3 is 0 Å². The summed E-state index contributed by atoms with van der Waals surface area (Å²) in [5, 5.41) is 11.2. The number of hydrogen-bond acceptors (Lipinski definition) is 6. The van der Waals surface area contributed by atoms with Crippen LogP contribution in [0.5, 0.6) is 0 Å². The van der Waals surface area contributed by atoms with E-state index in [0.717, 1.165) is 12.1 Å². The van der Waals surface area contributed by atoms with Crippen LogP contribution in [0.4, 0.5) is 5.69 Å². The van der Waals surface area contributed by atoms with Gasteiger partial charge in [0, 0.05) is 38.3 Å². The number of likely N-dealkylation sites (N-methyl/N-ethyl adjacent to an activating group) is 1. The fraction of sp³-hybridized carbons (Fsp3) is 0.500. The van der Waals surface area contributed by atoms with Crippen LogP contribution in [0.3, 0.4) is 0 Å². The van der Waals surface area contributed by atoms with E-state index in [1.165, 1.54) is 11.8 Å². The Morgan fingerprint density at radius 3 is 2.48 bits per heavy atom. The standard InChI is InChI=1S/C14H18N3O5S/c1-3-23(21,22)11-4-5-12(13(10-11)17(19)20)14(18)16-8-6-15(2)7-9-16/h5,10H,3,6-9H2,1-2H3. The molecule has 1 fully saturated rings. The van der Waals surface area contributed by atoms with Gasteiger partial charge in [0.15, 0.2) is 9.84 Å². The normalized spacial score (nSPS) is 16.3. The highest BCUT2D eigenvalue weighted by Gasteiger charge is 2.28. The van der Waals surface area contributed by atoms with E-state index in [9.17, 15) is 23.3 Å². The molecule has 8 nitrogen and oxygen atoms in total. The number of benzene rings is 1. The van der Waals surface area contributed by atoms with Gasteiger partial charge in [-0.25, -0.2) is 8.42 Å². The van der Waals surface area contributed by atoms with Crippen LogP contribution in [0.1, 0.15) is 17.3 Å². The Morgan fingerprint density at radius 2 is 1.96 bits per heavy atom. The monoisotopic (exact) mass is 340 g/mol. The van der Waals surface area contributed by atoms with Gasteiger partial charge in [-0.2, -0.15) is 0 Å².